The van der Waals surface area contributed by atoms with Crippen molar-refractivity contribution in [1.29, 1.82) is 0 Å². The molecule has 1 amide bonds. The summed E-state index contributed by atoms with van der Waals surface area (Å²) in [7, 11) is 2.95. The van der Waals surface area contributed by atoms with Crippen LogP contribution in [0, 0.1) is 11.8 Å². The summed E-state index contributed by atoms with van der Waals surface area (Å²) in [6, 6.07) is 0. The van der Waals surface area contributed by atoms with E-state index in [1.807, 2.05) is 46.8 Å². The van der Waals surface area contributed by atoms with Gasteiger partial charge in [-0.15, -0.1) is 0 Å². The number of rotatable bonds is 13. The van der Waals surface area contributed by atoms with E-state index in [0.717, 1.165) is 31.5 Å². The molecule has 42 heavy (non-hydrogen) atoms. The second kappa shape index (κ2) is 17.3. The number of nitrogens with one attached hydrogen (secondary N) is 1. The zero-order valence-electron chi connectivity index (χ0n) is 27.3. The number of hydrogen-bond donors (Lipinski definition) is 2. The van der Waals surface area contributed by atoms with Crippen molar-refractivity contribution < 1.29 is 38.4 Å². The van der Waals surface area contributed by atoms with E-state index in [1.54, 1.807) is 18.9 Å². The number of carbonyl (C=O) groups is 2. The molecule has 0 spiro atoms. The fraction of sp³-hybridized carbons (Fsp3) is 0.812. The van der Waals surface area contributed by atoms with E-state index < -0.39 is 23.9 Å². The highest BCUT2D eigenvalue weighted by molar-refractivity contribution is 5.70. The Hall–Kier alpha value is -1.98. The quantitative estimate of drug-likeness (QED) is 0.238. The van der Waals surface area contributed by atoms with Gasteiger partial charge in [-0.3, -0.25) is 4.79 Å². The van der Waals surface area contributed by atoms with Crippen LogP contribution < -0.4 is 5.32 Å². The van der Waals surface area contributed by atoms with Gasteiger partial charge in [0.25, 0.3) is 0 Å². The minimum Gasteiger partial charge on any atom is -0.469 e. The summed E-state index contributed by atoms with van der Waals surface area (Å²) in [5, 5.41) is 13.3. The number of esters is 1. The molecule has 10 heteroatoms. The van der Waals surface area contributed by atoms with Crippen molar-refractivity contribution in [2.45, 2.75) is 116 Å². The number of aliphatic hydroxyl groups is 1. The van der Waals surface area contributed by atoms with Gasteiger partial charge in [-0.25, -0.2) is 4.79 Å². The molecule has 0 bridgehead atoms. The molecular formula is C32H56N2O8. The fourth-order valence-electron chi connectivity index (χ4n) is 6.10. The van der Waals surface area contributed by atoms with Gasteiger partial charge in [-0.2, -0.15) is 0 Å². The lowest BCUT2D eigenvalue weighted by Crippen LogP contribution is -2.48. The number of hydrogen-bond acceptors (Lipinski definition) is 9. The van der Waals surface area contributed by atoms with E-state index in [2.05, 4.69) is 18.3 Å². The van der Waals surface area contributed by atoms with Gasteiger partial charge in [0.1, 0.15) is 12.2 Å². The summed E-state index contributed by atoms with van der Waals surface area (Å²) in [5.74, 6) is -0.222. The zero-order valence-corrected chi connectivity index (χ0v) is 27.3. The van der Waals surface area contributed by atoms with Gasteiger partial charge in [0, 0.05) is 39.1 Å². The van der Waals surface area contributed by atoms with Crippen LogP contribution in [0.5, 0.6) is 0 Å². The summed E-state index contributed by atoms with van der Waals surface area (Å²) in [4.78, 5) is 26.9. The Morgan fingerprint density at radius 3 is 2.52 bits per heavy atom. The first-order valence-electron chi connectivity index (χ1n) is 15.4. The molecule has 2 heterocycles. The predicted octanol–water partition coefficient (Wildman–Crippen LogP) is 4.25. The summed E-state index contributed by atoms with van der Waals surface area (Å²) in [5.41, 5.74) is 0.570. The standard InChI is InChI=1S/C32H56N2O8/c1-21(20-32(6,7)42-25(5)30(39-9)24(4)35)12-10-13-22(2)29-23(3)27(18-26(40-29)19-28(36)38-8)41-31(37)34-16-11-14-33-15-17-34/h10,12-13,21,23-27,29-30,33,35H,11,14-20H2,1-9H3/b12-10+,22-13+/t21-,23+,24-,25-,26-,27-,29-,30+/m1/s1. The number of aliphatic hydroxyl groups excluding tert-OH is 1. The van der Waals surface area contributed by atoms with Gasteiger partial charge in [0.05, 0.1) is 43.5 Å². The van der Waals surface area contributed by atoms with E-state index >= 15 is 0 Å². The normalized spacial score (nSPS) is 27.2. The molecule has 0 radical (unpaired) electrons. The van der Waals surface area contributed by atoms with Crippen LogP contribution in [0.3, 0.4) is 0 Å². The maximum Gasteiger partial charge on any atom is 0.410 e. The van der Waals surface area contributed by atoms with Crippen LogP contribution in [0.1, 0.15) is 74.1 Å². The Labute approximate surface area is 253 Å². The van der Waals surface area contributed by atoms with Crippen molar-refractivity contribution in [2.75, 3.05) is 40.4 Å². The van der Waals surface area contributed by atoms with Gasteiger partial charge < -0.3 is 39.0 Å². The summed E-state index contributed by atoms with van der Waals surface area (Å²) < 4.78 is 29.0. The first-order chi connectivity index (χ1) is 19.8. The minimum atomic E-state index is -0.627. The SMILES string of the molecule is COC(=O)C[C@H]1C[C@@H](OC(=O)N2CCCNCC2)[C@H](C)[C@@H](/C(C)=C/C=C/[C@@H](C)CC(C)(C)O[C@H](C)[C@@H](OC)[C@@H](C)O)O1. The number of nitrogens with zero attached hydrogens (tertiary/aromatic N) is 1. The van der Waals surface area contributed by atoms with Crippen molar-refractivity contribution in [3.63, 3.8) is 0 Å². The average Bonchev–Trinajstić information content (AvgIpc) is 3.19. The van der Waals surface area contributed by atoms with Crippen molar-refractivity contribution >= 4 is 12.1 Å². The first-order valence-corrected chi connectivity index (χ1v) is 15.4. The van der Waals surface area contributed by atoms with E-state index in [0.29, 0.717) is 19.5 Å². The van der Waals surface area contributed by atoms with E-state index in [9.17, 15) is 14.7 Å². The van der Waals surface area contributed by atoms with Gasteiger partial charge in [0.15, 0.2) is 0 Å². The molecule has 2 saturated heterocycles. The van der Waals surface area contributed by atoms with Crippen LogP contribution in [0.25, 0.3) is 0 Å². The first kappa shape index (κ1) is 36.2. The lowest BCUT2D eigenvalue weighted by molar-refractivity contribution is -0.154. The second-order valence-electron chi connectivity index (χ2n) is 12.6. The van der Waals surface area contributed by atoms with Crippen molar-refractivity contribution in [2.24, 2.45) is 11.8 Å². The van der Waals surface area contributed by atoms with Crippen LogP contribution in [0.4, 0.5) is 4.79 Å². The fourth-order valence-corrected chi connectivity index (χ4v) is 6.10. The average molecular weight is 597 g/mol. The Kier molecular flexibility index (Phi) is 15.0. The van der Waals surface area contributed by atoms with Crippen molar-refractivity contribution in [3.05, 3.63) is 23.8 Å². The third kappa shape index (κ3) is 11.6. The highest BCUT2D eigenvalue weighted by Crippen LogP contribution is 2.34. The number of carbonyl (C=O) groups excluding carboxylic acids is 2. The number of amides is 1. The Morgan fingerprint density at radius 2 is 1.88 bits per heavy atom. The second-order valence-corrected chi connectivity index (χ2v) is 12.6. The zero-order chi connectivity index (χ0) is 31.4. The van der Waals surface area contributed by atoms with Crippen LogP contribution in [-0.2, 0) is 28.5 Å². The Morgan fingerprint density at radius 1 is 1.17 bits per heavy atom. The smallest absolute Gasteiger partial charge is 0.410 e. The molecule has 0 unspecified atom stereocenters. The van der Waals surface area contributed by atoms with Gasteiger partial charge in [-0.1, -0.05) is 32.1 Å². The van der Waals surface area contributed by atoms with E-state index in [4.69, 9.17) is 23.7 Å². The van der Waals surface area contributed by atoms with E-state index in [-0.39, 0.29) is 48.6 Å². The molecular weight excluding hydrogens is 540 g/mol. The molecule has 2 N–H and O–H groups in total. The molecule has 2 fully saturated rings. The number of allylic oxidation sites excluding steroid dienone is 3. The molecule has 0 saturated carbocycles. The van der Waals surface area contributed by atoms with Gasteiger partial charge in [-0.05, 0) is 65.5 Å². The molecule has 2 aliphatic heterocycles. The maximum atomic E-state index is 13.0. The van der Waals surface area contributed by atoms with Crippen LogP contribution in [0.2, 0.25) is 0 Å². The molecule has 2 aliphatic rings. The maximum absolute atomic E-state index is 13.0. The van der Waals surface area contributed by atoms with Crippen LogP contribution in [-0.4, -0.2) is 105 Å². The topological polar surface area (TPSA) is 116 Å². The molecule has 0 aliphatic carbocycles. The third-order valence-corrected chi connectivity index (χ3v) is 8.15. The van der Waals surface area contributed by atoms with Crippen molar-refractivity contribution in [1.82, 2.24) is 10.2 Å². The Bertz CT molecular complexity index is 897. The molecule has 0 aromatic rings. The summed E-state index contributed by atoms with van der Waals surface area (Å²) >= 11 is 0. The number of methoxy groups -OCH3 is 2. The number of ether oxygens (including phenoxy) is 5. The van der Waals surface area contributed by atoms with E-state index in [1.165, 1.54) is 7.11 Å². The molecule has 2 rings (SSSR count). The predicted molar refractivity (Wildman–Crippen MR) is 162 cm³/mol. The van der Waals surface area contributed by atoms with Crippen LogP contribution in [0.15, 0.2) is 23.8 Å². The summed E-state index contributed by atoms with van der Waals surface area (Å²) in [6.07, 6.45) is 5.69. The van der Waals surface area contributed by atoms with Crippen molar-refractivity contribution in [3.8, 4) is 0 Å². The lowest BCUT2D eigenvalue weighted by Gasteiger charge is -2.41. The molecule has 0 aromatic carbocycles. The Balaban J connectivity index is 2.08. The third-order valence-electron chi connectivity index (χ3n) is 8.15. The summed E-state index contributed by atoms with van der Waals surface area (Å²) in [6.45, 7) is 16.8. The molecule has 242 valence electrons. The monoisotopic (exact) mass is 596 g/mol. The minimum absolute atomic E-state index is 0.0912. The molecule has 0 aromatic heterocycles. The molecule has 10 nitrogen and oxygen atoms in total. The van der Waals surface area contributed by atoms with Crippen LogP contribution >= 0.6 is 0 Å². The highest BCUT2D eigenvalue weighted by Gasteiger charge is 2.40. The van der Waals surface area contributed by atoms with Gasteiger partial charge >= 0.3 is 12.1 Å². The highest BCUT2D eigenvalue weighted by atomic mass is 16.6. The lowest BCUT2D eigenvalue weighted by atomic mass is 9.85. The van der Waals surface area contributed by atoms with Gasteiger partial charge in [0.2, 0.25) is 0 Å². The largest absolute Gasteiger partial charge is 0.469 e. The molecule has 8 atom stereocenters.